The minimum atomic E-state index is -0.695. The molecule has 2 aromatic heterocycles. The fourth-order valence-electron chi connectivity index (χ4n) is 3.19. The lowest BCUT2D eigenvalue weighted by atomic mass is 10.1. The average Bonchev–Trinajstić information content (AvgIpc) is 3.19. The fourth-order valence-corrected chi connectivity index (χ4v) is 4.10. The van der Waals surface area contributed by atoms with E-state index in [4.69, 9.17) is 9.47 Å². The summed E-state index contributed by atoms with van der Waals surface area (Å²) in [6.45, 7) is 2.14. The Kier molecular flexibility index (Phi) is 4.37. The zero-order valence-corrected chi connectivity index (χ0v) is 16.4. The highest BCUT2D eigenvalue weighted by Crippen LogP contribution is 2.33. The highest BCUT2D eigenvalue weighted by atomic mass is 32.1. The van der Waals surface area contributed by atoms with Gasteiger partial charge in [0, 0.05) is 17.4 Å². The molecule has 0 aliphatic carbocycles. The van der Waals surface area contributed by atoms with E-state index >= 15 is 0 Å². The van der Waals surface area contributed by atoms with E-state index in [1.54, 1.807) is 23.6 Å². The number of anilines is 1. The highest BCUT2D eigenvalue weighted by molar-refractivity contribution is 7.21. The first kappa shape index (κ1) is 17.6. The van der Waals surface area contributed by atoms with Crippen LogP contribution in [0.4, 0.5) is 5.69 Å². The summed E-state index contributed by atoms with van der Waals surface area (Å²) in [5.74, 6) is 0.998. The predicted molar refractivity (Wildman–Crippen MR) is 113 cm³/mol. The zero-order valence-electron chi connectivity index (χ0n) is 15.6. The van der Waals surface area contributed by atoms with Crippen molar-refractivity contribution >= 4 is 33.3 Å². The number of thiazole rings is 1. The SMILES string of the molecule is Cc1cc(-c2nc3cccnc3s2)ccc1NC(=O)C1COc2ccccc2O1. The molecule has 4 aromatic rings. The zero-order chi connectivity index (χ0) is 19.8. The molecule has 2 aromatic carbocycles. The van der Waals surface area contributed by atoms with Gasteiger partial charge in [-0.25, -0.2) is 9.97 Å². The number of aromatic nitrogens is 2. The molecule has 1 aliphatic rings. The van der Waals surface area contributed by atoms with Crippen molar-refractivity contribution in [2.45, 2.75) is 13.0 Å². The third kappa shape index (κ3) is 3.40. The van der Waals surface area contributed by atoms with Crippen LogP contribution >= 0.6 is 11.3 Å². The quantitative estimate of drug-likeness (QED) is 0.547. The van der Waals surface area contributed by atoms with Crippen LogP contribution in [0.3, 0.4) is 0 Å². The van der Waals surface area contributed by atoms with Crippen LogP contribution < -0.4 is 14.8 Å². The number of hydrogen-bond acceptors (Lipinski definition) is 6. The van der Waals surface area contributed by atoms with Gasteiger partial charge in [-0.15, -0.1) is 0 Å². The maximum Gasteiger partial charge on any atom is 0.269 e. The summed E-state index contributed by atoms with van der Waals surface area (Å²) in [7, 11) is 0. The summed E-state index contributed by atoms with van der Waals surface area (Å²) in [5.41, 5.74) is 3.56. The molecule has 0 saturated heterocycles. The number of amides is 1. The third-order valence-electron chi connectivity index (χ3n) is 4.70. The Morgan fingerprint density at radius 2 is 2.00 bits per heavy atom. The van der Waals surface area contributed by atoms with E-state index < -0.39 is 6.10 Å². The lowest BCUT2D eigenvalue weighted by molar-refractivity contribution is -0.125. The van der Waals surface area contributed by atoms with E-state index in [1.807, 2.05) is 55.5 Å². The van der Waals surface area contributed by atoms with Crippen molar-refractivity contribution < 1.29 is 14.3 Å². The second-order valence-corrected chi connectivity index (χ2v) is 7.71. The van der Waals surface area contributed by atoms with Crippen LogP contribution in [0.5, 0.6) is 11.5 Å². The molecule has 1 amide bonds. The minimum Gasteiger partial charge on any atom is -0.485 e. The molecular formula is C22H17N3O3S. The van der Waals surface area contributed by atoms with Crippen molar-refractivity contribution in [2.24, 2.45) is 0 Å². The normalized spacial score (nSPS) is 15.3. The van der Waals surface area contributed by atoms with Crippen molar-refractivity contribution in [3.8, 4) is 22.1 Å². The molecule has 0 fully saturated rings. The fraction of sp³-hybridized carbons (Fsp3) is 0.136. The highest BCUT2D eigenvalue weighted by Gasteiger charge is 2.27. The van der Waals surface area contributed by atoms with E-state index in [1.165, 1.54) is 0 Å². The molecule has 1 N–H and O–H groups in total. The molecule has 1 unspecified atom stereocenters. The lowest BCUT2D eigenvalue weighted by Crippen LogP contribution is -2.40. The van der Waals surface area contributed by atoms with E-state index in [0.29, 0.717) is 11.5 Å². The number of carbonyl (C=O) groups is 1. The Labute approximate surface area is 171 Å². The second kappa shape index (κ2) is 7.18. The van der Waals surface area contributed by atoms with Crippen molar-refractivity contribution in [1.82, 2.24) is 9.97 Å². The summed E-state index contributed by atoms with van der Waals surface area (Å²) in [5, 5.41) is 3.85. The van der Waals surface area contributed by atoms with E-state index in [-0.39, 0.29) is 12.5 Å². The molecule has 0 bridgehead atoms. The van der Waals surface area contributed by atoms with Crippen LogP contribution in [0.1, 0.15) is 5.56 Å². The maximum atomic E-state index is 12.7. The van der Waals surface area contributed by atoms with Gasteiger partial charge in [0.05, 0.1) is 0 Å². The Hall–Kier alpha value is -3.45. The Balaban J connectivity index is 1.34. The molecule has 144 valence electrons. The Bertz CT molecular complexity index is 1190. The average molecular weight is 403 g/mol. The van der Waals surface area contributed by atoms with E-state index in [9.17, 15) is 4.79 Å². The largest absolute Gasteiger partial charge is 0.485 e. The van der Waals surface area contributed by atoms with E-state index in [2.05, 4.69) is 15.3 Å². The number of para-hydroxylation sites is 2. The summed E-state index contributed by atoms with van der Waals surface area (Å²) in [4.78, 5) is 22.6. The first-order chi connectivity index (χ1) is 14.2. The number of carbonyl (C=O) groups excluding carboxylic acids is 1. The summed E-state index contributed by atoms with van der Waals surface area (Å²) in [6, 6.07) is 17.0. The molecule has 0 saturated carbocycles. The first-order valence-corrected chi connectivity index (χ1v) is 10.0. The summed E-state index contributed by atoms with van der Waals surface area (Å²) >= 11 is 1.55. The van der Waals surface area contributed by atoms with Crippen LogP contribution in [-0.2, 0) is 4.79 Å². The topological polar surface area (TPSA) is 73.3 Å². The number of nitrogens with one attached hydrogen (secondary N) is 1. The molecule has 0 radical (unpaired) electrons. The van der Waals surface area contributed by atoms with Gasteiger partial charge >= 0.3 is 0 Å². The van der Waals surface area contributed by atoms with Gasteiger partial charge in [-0.05, 0) is 55.0 Å². The van der Waals surface area contributed by atoms with Gasteiger partial charge in [-0.3, -0.25) is 4.79 Å². The predicted octanol–water partition coefficient (Wildman–Crippen LogP) is 4.45. The summed E-state index contributed by atoms with van der Waals surface area (Å²) in [6.07, 6.45) is 1.07. The van der Waals surface area contributed by atoms with Crippen molar-refractivity contribution in [2.75, 3.05) is 11.9 Å². The smallest absolute Gasteiger partial charge is 0.269 e. The number of rotatable bonds is 3. The second-order valence-electron chi connectivity index (χ2n) is 6.73. The van der Waals surface area contributed by atoms with Crippen LogP contribution in [0.15, 0.2) is 60.8 Å². The Morgan fingerprint density at radius 3 is 2.83 bits per heavy atom. The van der Waals surface area contributed by atoms with Crippen LogP contribution in [0.2, 0.25) is 0 Å². The van der Waals surface area contributed by atoms with Crippen LogP contribution in [0.25, 0.3) is 20.9 Å². The third-order valence-corrected chi connectivity index (χ3v) is 5.73. The molecule has 1 aliphatic heterocycles. The van der Waals surface area contributed by atoms with Crippen molar-refractivity contribution in [1.29, 1.82) is 0 Å². The summed E-state index contributed by atoms with van der Waals surface area (Å²) < 4.78 is 11.4. The number of fused-ring (bicyclic) bond motifs is 2. The number of ether oxygens (including phenoxy) is 2. The minimum absolute atomic E-state index is 0.179. The molecule has 7 heteroatoms. The number of pyridine rings is 1. The van der Waals surface area contributed by atoms with Gasteiger partial charge in [0.1, 0.15) is 22.0 Å². The number of hydrogen-bond donors (Lipinski definition) is 1. The van der Waals surface area contributed by atoms with Crippen LogP contribution in [0, 0.1) is 6.92 Å². The van der Waals surface area contributed by atoms with Crippen molar-refractivity contribution in [3.63, 3.8) is 0 Å². The molecule has 3 heterocycles. The molecule has 0 spiro atoms. The lowest BCUT2D eigenvalue weighted by Gasteiger charge is -2.25. The van der Waals surface area contributed by atoms with Gasteiger partial charge in [0.25, 0.3) is 5.91 Å². The standard InChI is InChI=1S/C22H17N3O3S/c1-13-11-14(21-25-16-5-4-10-23-22(16)29-21)8-9-15(13)24-20(26)19-12-27-17-6-2-3-7-18(17)28-19/h2-11,19H,12H2,1H3,(H,24,26). The molecular weight excluding hydrogens is 386 g/mol. The van der Waals surface area contributed by atoms with Gasteiger partial charge in [0.15, 0.2) is 11.5 Å². The van der Waals surface area contributed by atoms with Crippen LogP contribution in [-0.4, -0.2) is 28.6 Å². The first-order valence-electron chi connectivity index (χ1n) is 9.19. The molecule has 1 atom stereocenters. The number of nitrogens with zero attached hydrogens (tertiary/aromatic N) is 2. The Morgan fingerprint density at radius 1 is 1.14 bits per heavy atom. The maximum absolute atomic E-state index is 12.7. The van der Waals surface area contributed by atoms with Gasteiger partial charge in [-0.2, -0.15) is 0 Å². The van der Waals surface area contributed by atoms with Crippen molar-refractivity contribution in [3.05, 3.63) is 66.4 Å². The van der Waals surface area contributed by atoms with Gasteiger partial charge in [-0.1, -0.05) is 23.5 Å². The van der Waals surface area contributed by atoms with E-state index in [0.717, 1.165) is 32.2 Å². The van der Waals surface area contributed by atoms with Gasteiger partial charge in [0.2, 0.25) is 6.10 Å². The van der Waals surface area contributed by atoms with Gasteiger partial charge < -0.3 is 14.8 Å². The molecule has 6 nitrogen and oxygen atoms in total. The number of benzene rings is 2. The monoisotopic (exact) mass is 403 g/mol. The number of aryl methyl sites for hydroxylation is 1. The molecule has 5 rings (SSSR count). The molecule has 29 heavy (non-hydrogen) atoms.